The Morgan fingerprint density at radius 2 is 1.73 bits per heavy atom. The van der Waals surface area contributed by atoms with Crippen molar-refractivity contribution in [3.05, 3.63) is 106 Å². The average molecular weight is 463 g/mol. The van der Waals surface area contributed by atoms with Crippen molar-refractivity contribution in [1.29, 1.82) is 0 Å². The minimum atomic E-state index is -0.678. The molecule has 0 radical (unpaired) electrons. The second-order valence-corrected chi connectivity index (χ2v) is 7.93. The number of aromatic nitrogens is 1. The predicted octanol–water partition coefficient (Wildman–Crippen LogP) is 4.51. The quantitative estimate of drug-likeness (QED) is 0.344. The van der Waals surface area contributed by atoms with Gasteiger partial charge in [-0.3, -0.25) is 14.6 Å². The molecule has 2 heterocycles. The first-order chi connectivity index (χ1) is 14.6. The number of Topliss-reactive ketones (excluding diaryl/α,β-unsaturated/α-hetero) is 1. The van der Waals surface area contributed by atoms with E-state index in [-0.39, 0.29) is 11.3 Å². The third-order valence-corrected chi connectivity index (χ3v) is 5.64. The van der Waals surface area contributed by atoms with Crippen LogP contribution in [-0.2, 0) is 16.0 Å². The maximum absolute atomic E-state index is 13.0. The normalized spacial score (nSPS) is 18.0. The molecule has 3 aromatic rings. The summed E-state index contributed by atoms with van der Waals surface area (Å²) in [5, 5.41) is 11.0. The van der Waals surface area contributed by atoms with Gasteiger partial charge in [0.15, 0.2) is 0 Å². The number of ketones is 1. The van der Waals surface area contributed by atoms with E-state index in [2.05, 4.69) is 20.9 Å². The summed E-state index contributed by atoms with van der Waals surface area (Å²) >= 11 is 3.46. The largest absolute Gasteiger partial charge is 0.507 e. The number of rotatable bonds is 5. The number of hydrogen-bond donors (Lipinski definition) is 1. The molecule has 1 atom stereocenters. The van der Waals surface area contributed by atoms with Crippen molar-refractivity contribution in [1.82, 2.24) is 9.88 Å². The van der Waals surface area contributed by atoms with E-state index < -0.39 is 17.7 Å². The fraction of sp³-hybridized carbons (Fsp3) is 0.125. The molecule has 1 unspecified atom stereocenters. The number of carbonyl (C=O) groups is 2. The number of carbonyl (C=O) groups excluding carboxylic acids is 2. The highest BCUT2D eigenvalue weighted by atomic mass is 79.9. The van der Waals surface area contributed by atoms with Gasteiger partial charge >= 0.3 is 0 Å². The smallest absolute Gasteiger partial charge is 0.295 e. The molecule has 1 aromatic heterocycles. The molecule has 0 bridgehead atoms. The Balaban J connectivity index is 1.79. The molecule has 6 heteroatoms. The van der Waals surface area contributed by atoms with Gasteiger partial charge in [0.1, 0.15) is 5.76 Å². The Bertz CT molecular complexity index is 1110. The van der Waals surface area contributed by atoms with E-state index in [0.29, 0.717) is 18.5 Å². The van der Waals surface area contributed by atoms with Crippen LogP contribution in [0.4, 0.5) is 0 Å². The van der Waals surface area contributed by atoms with Gasteiger partial charge in [-0.1, -0.05) is 58.4 Å². The van der Waals surface area contributed by atoms with Crippen molar-refractivity contribution in [2.45, 2.75) is 12.5 Å². The van der Waals surface area contributed by atoms with Crippen LogP contribution in [0.2, 0.25) is 0 Å². The van der Waals surface area contributed by atoms with Gasteiger partial charge in [0.05, 0.1) is 11.6 Å². The maximum Gasteiger partial charge on any atom is 0.295 e. The van der Waals surface area contributed by atoms with Crippen LogP contribution in [-0.4, -0.2) is 33.2 Å². The molecule has 1 amide bonds. The zero-order valence-electron chi connectivity index (χ0n) is 16.0. The van der Waals surface area contributed by atoms with Gasteiger partial charge in [0.2, 0.25) is 0 Å². The van der Waals surface area contributed by atoms with Crippen molar-refractivity contribution in [3.8, 4) is 0 Å². The molecule has 1 fully saturated rings. The van der Waals surface area contributed by atoms with Crippen LogP contribution < -0.4 is 0 Å². The monoisotopic (exact) mass is 462 g/mol. The number of aliphatic hydroxyl groups excluding tert-OH is 1. The predicted molar refractivity (Wildman–Crippen MR) is 118 cm³/mol. The first kappa shape index (κ1) is 20.0. The van der Waals surface area contributed by atoms with Crippen molar-refractivity contribution >= 4 is 33.4 Å². The third kappa shape index (κ3) is 3.91. The minimum absolute atomic E-state index is 0.0948. The highest BCUT2D eigenvalue weighted by molar-refractivity contribution is 9.10. The molecular weight excluding hydrogens is 444 g/mol. The van der Waals surface area contributed by atoms with Crippen LogP contribution in [0.3, 0.4) is 0 Å². The number of likely N-dealkylation sites (tertiary alicyclic amines) is 1. The lowest BCUT2D eigenvalue weighted by atomic mass is 9.95. The van der Waals surface area contributed by atoms with Crippen molar-refractivity contribution in [2.24, 2.45) is 0 Å². The molecule has 4 rings (SSSR count). The number of nitrogens with zero attached hydrogens (tertiary/aromatic N) is 2. The van der Waals surface area contributed by atoms with Gasteiger partial charge < -0.3 is 10.0 Å². The summed E-state index contributed by atoms with van der Waals surface area (Å²) in [6.07, 6.45) is 3.68. The van der Waals surface area contributed by atoms with E-state index in [1.165, 1.54) is 12.4 Å². The minimum Gasteiger partial charge on any atom is -0.507 e. The van der Waals surface area contributed by atoms with Crippen molar-refractivity contribution in [2.75, 3.05) is 6.54 Å². The molecule has 1 aliphatic heterocycles. The van der Waals surface area contributed by atoms with E-state index in [1.54, 1.807) is 17.0 Å². The molecule has 0 saturated carbocycles. The van der Waals surface area contributed by atoms with Crippen LogP contribution in [0.25, 0.3) is 5.76 Å². The van der Waals surface area contributed by atoms with E-state index in [9.17, 15) is 14.7 Å². The Labute approximate surface area is 182 Å². The highest BCUT2D eigenvalue weighted by Crippen LogP contribution is 2.40. The molecule has 1 aliphatic rings. The second kappa shape index (κ2) is 8.63. The van der Waals surface area contributed by atoms with Gasteiger partial charge in [-0.2, -0.15) is 0 Å². The number of halogens is 1. The Morgan fingerprint density at radius 1 is 1.00 bits per heavy atom. The van der Waals surface area contributed by atoms with Crippen molar-refractivity contribution in [3.63, 3.8) is 0 Å². The molecule has 1 saturated heterocycles. The summed E-state index contributed by atoms with van der Waals surface area (Å²) in [6.45, 7) is 0.360. The lowest BCUT2D eigenvalue weighted by molar-refractivity contribution is -0.139. The van der Waals surface area contributed by atoms with Crippen molar-refractivity contribution < 1.29 is 14.7 Å². The van der Waals surface area contributed by atoms with Crippen LogP contribution in [0.15, 0.2) is 89.2 Å². The van der Waals surface area contributed by atoms with Gasteiger partial charge in [0, 0.05) is 29.0 Å². The zero-order valence-corrected chi connectivity index (χ0v) is 17.6. The Kier molecular flexibility index (Phi) is 5.77. The summed E-state index contributed by atoms with van der Waals surface area (Å²) < 4.78 is 0.831. The Hall–Kier alpha value is -3.25. The second-order valence-electron chi connectivity index (χ2n) is 7.02. The van der Waals surface area contributed by atoms with E-state index in [1.807, 2.05) is 54.6 Å². The maximum atomic E-state index is 13.0. The summed E-state index contributed by atoms with van der Waals surface area (Å²) in [4.78, 5) is 31.4. The molecule has 5 nitrogen and oxygen atoms in total. The highest BCUT2D eigenvalue weighted by Gasteiger charge is 2.45. The molecule has 0 spiro atoms. The number of pyridine rings is 1. The van der Waals surface area contributed by atoms with Crippen LogP contribution in [0.1, 0.15) is 22.7 Å². The molecule has 150 valence electrons. The lowest BCUT2D eigenvalue weighted by Crippen LogP contribution is -2.31. The summed E-state index contributed by atoms with van der Waals surface area (Å²) in [5.74, 6) is -1.48. The average Bonchev–Trinajstić information content (AvgIpc) is 3.03. The molecule has 2 aromatic carbocycles. The van der Waals surface area contributed by atoms with E-state index in [4.69, 9.17) is 0 Å². The third-order valence-electron chi connectivity index (χ3n) is 5.14. The Morgan fingerprint density at radius 3 is 2.43 bits per heavy atom. The number of hydrogen-bond acceptors (Lipinski definition) is 4. The van der Waals surface area contributed by atoms with Crippen LogP contribution >= 0.6 is 15.9 Å². The molecular formula is C24H19BrN2O3. The fourth-order valence-electron chi connectivity index (χ4n) is 3.69. The van der Waals surface area contributed by atoms with Crippen LogP contribution in [0.5, 0.6) is 0 Å². The first-order valence-corrected chi connectivity index (χ1v) is 10.3. The molecule has 30 heavy (non-hydrogen) atoms. The number of amides is 1. The number of aliphatic hydroxyl groups is 1. The summed E-state index contributed by atoms with van der Waals surface area (Å²) in [5.41, 5.74) is 2.37. The summed E-state index contributed by atoms with van der Waals surface area (Å²) in [7, 11) is 0. The first-order valence-electron chi connectivity index (χ1n) is 9.54. The number of benzene rings is 2. The fourth-order valence-corrected chi connectivity index (χ4v) is 4.11. The molecule has 0 aliphatic carbocycles. The standard InChI is InChI=1S/C24H19BrN2O3/c25-19-8-4-7-18(15-19)21-20(22(28)17-9-12-26-13-10-17)23(29)24(30)27(21)14-11-16-5-2-1-3-6-16/h1-10,12-13,15,21,28H,11,14H2/b22-20+. The topological polar surface area (TPSA) is 70.5 Å². The van der Waals surface area contributed by atoms with Gasteiger partial charge in [0.25, 0.3) is 11.7 Å². The van der Waals surface area contributed by atoms with Gasteiger partial charge in [-0.15, -0.1) is 0 Å². The zero-order chi connectivity index (χ0) is 21.1. The van der Waals surface area contributed by atoms with E-state index in [0.717, 1.165) is 15.6 Å². The van der Waals surface area contributed by atoms with Gasteiger partial charge in [-0.25, -0.2) is 0 Å². The summed E-state index contributed by atoms with van der Waals surface area (Å²) in [6, 6.07) is 19.8. The lowest BCUT2D eigenvalue weighted by Gasteiger charge is -2.25. The molecule has 1 N–H and O–H groups in total. The van der Waals surface area contributed by atoms with Crippen LogP contribution in [0, 0.1) is 0 Å². The van der Waals surface area contributed by atoms with E-state index >= 15 is 0 Å². The SMILES string of the molecule is O=C1C(=O)N(CCc2ccccc2)C(c2cccc(Br)c2)/C1=C(\O)c1ccncc1. The van der Waals surface area contributed by atoms with Gasteiger partial charge in [-0.05, 0) is 41.8 Å².